The molecule has 0 aliphatic carbocycles. The molecule has 0 spiro atoms. The Bertz CT molecular complexity index is 1480. The highest BCUT2D eigenvalue weighted by atomic mass is 31.2. The zero-order chi connectivity index (χ0) is 49.0. The van der Waals surface area contributed by atoms with Crippen LogP contribution in [-0.4, -0.2) is 70.7 Å². The van der Waals surface area contributed by atoms with Crippen molar-refractivity contribution in [1.29, 1.82) is 0 Å². The molecule has 67 heavy (non-hydrogen) atoms. The van der Waals surface area contributed by atoms with Crippen molar-refractivity contribution in [3.05, 3.63) is 122 Å². The van der Waals surface area contributed by atoms with E-state index in [1.807, 2.05) is 21.1 Å². The van der Waals surface area contributed by atoms with Gasteiger partial charge in [0.25, 0.3) is 7.82 Å². The maximum atomic E-state index is 12.8. The van der Waals surface area contributed by atoms with Crippen molar-refractivity contribution in [3.8, 4) is 0 Å². The Morgan fingerprint density at radius 1 is 0.463 bits per heavy atom. The fourth-order valence-electron chi connectivity index (χ4n) is 6.54. The smallest absolute Gasteiger partial charge is 0.306 e. The number of allylic oxidation sites excluding steroid dienone is 20. The molecule has 0 aromatic heterocycles. The molecule has 8 nitrogen and oxygen atoms in total. The molecule has 0 aliphatic rings. The van der Waals surface area contributed by atoms with Crippen molar-refractivity contribution in [3.63, 3.8) is 0 Å². The lowest BCUT2D eigenvalue weighted by Crippen LogP contribution is -2.37. The number of hydrogen-bond acceptors (Lipinski definition) is 7. The number of phosphoric ester groups is 1. The van der Waals surface area contributed by atoms with Gasteiger partial charge in [-0.25, -0.2) is 0 Å². The predicted molar refractivity (Wildman–Crippen MR) is 286 cm³/mol. The van der Waals surface area contributed by atoms with E-state index in [9.17, 15) is 14.3 Å². The number of ether oxygens (including phenoxy) is 2. The van der Waals surface area contributed by atoms with Crippen LogP contribution in [0.5, 0.6) is 0 Å². The molecule has 0 aromatic carbocycles. The average molecular weight is 952 g/mol. The summed E-state index contributed by atoms with van der Waals surface area (Å²) in [4.78, 5) is 25.2. The number of carbonyl (C=O) groups is 1. The number of phosphoric acid groups is 1. The zero-order valence-corrected chi connectivity index (χ0v) is 44.2. The van der Waals surface area contributed by atoms with Crippen LogP contribution in [0.3, 0.4) is 0 Å². The summed E-state index contributed by atoms with van der Waals surface area (Å²) in [5, 5.41) is 0. The van der Waals surface area contributed by atoms with Gasteiger partial charge in [-0.05, 0) is 103 Å². The Morgan fingerprint density at radius 2 is 0.821 bits per heavy atom. The van der Waals surface area contributed by atoms with E-state index in [1.54, 1.807) is 0 Å². The third kappa shape index (κ3) is 53.7. The van der Waals surface area contributed by atoms with E-state index in [0.717, 1.165) is 122 Å². The first kappa shape index (κ1) is 63.9. The van der Waals surface area contributed by atoms with Crippen LogP contribution in [0.15, 0.2) is 122 Å². The van der Waals surface area contributed by atoms with Crippen molar-refractivity contribution in [2.45, 2.75) is 187 Å². The fourth-order valence-corrected chi connectivity index (χ4v) is 7.27. The van der Waals surface area contributed by atoms with Gasteiger partial charge in [0.2, 0.25) is 0 Å². The molecule has 0 amide bonds. The SMILES string of the molecule is CC/C=C\C/C=C\C/C=C\C/C=C\C/C=C\CCCCCCCCCCCC(=O)OC(COCCCCCC/C=C\C/C=C\C/C=C\C/C=C\C/C=C\CC)COP(=O)([O-])OCC[N+](C)(C)C. The summed E-state index contributed by atoms with van der Waals surface area (Å²) in [5.74, 6) is -0.355. The van der Waals surface area contributed by atoms with Crippen LogP contribution in [0.4, 0.5) is 0 Å². The van der Waals surface area contributed by atoms with Crippen molar-refractivity contribution in [2.24, 2.45) is 0 Å². The van der Waals surface area contributed by atoms with E-state index in [1.165, 1.54) is 38.5 Å². The first-order chi connectivity index (χ1) is 32.6. The molecule has 0 aromatic rings. The number of likely N-dealkylation sites (N-methyl/N-ethyl adjacent to an activating group) is 1. The van der Waals surface area contributed by atoms with Gasteiger partial charge < -0.3 is 27.9 Å². The second-order valence-electron chi connectivity index (χ2n) is 18.1. The average Bonchev–Trinajstić information content (AvgIpc) is 3.29. The molecule has 0 saturated carbocycles. The topological polar surface area (TPSA) is 94.1 Å². The molecule has 2 atom stereocenters. The van der Waals surface area contributed by atoms with Gasteiger partial charge >= 0.3 is 5.97 Å². The maximum absolute atomic E-state index is 12.8. The van der Waals surface area contributed by atoms with Crippen molar-refractivity contribution in [2.75, 3.05) is 54.1 Å². The fraction of sp³-hybridized carbons (Fsp3) is 0.638. The first-order valence-electron chi connectivity index (χ1n) is 26.3. The summed E-state index contributed by atoms with van der Waals surface area (Å²) in [6.45, 7) is 5.09. The molecule has 0 fully saturated rings. The van der Waals surface area contributed by atoms with Gasteiger partial charge in [-0.3, -0.25) is 9.36 Å². The van der Waals surface area contributed by atoms with Crippen LogP contribution < -0.4 is 4.89 Å². The summed E-state index contributed by atoms with van der Waals surface area (Å²) in [6.07, 6.45) is 70.8. The minimum atomic E-state index is -4.55. The second kappa shape index (κ2) is 49.3. The van der Waals surface area contributed by atoms with Gasteiger partial charge in [0.05, 0.1) is 34.4 Å². The summed E-state index contributed by atoms with van der Waals surface area (Å²) >= 11 is 0. The van der Waals surface area contributed by atoms with E-state index in [0.29, 0.717) is 24.1 Å². The lowest BCUT2D eigenvalue weighted by Gasteiger charge is -2.28. The van der Waals surface area contributed by atoms with Gasteiger partial charge in [0.15, 0.2) is 0 Å². The van der Waals surface area contributed by atoms with Gasteiger partial charge in [-0.1, -0.05) is 193 Å². The number of carbonyl (C=O) groups excluding carboxylic acids is 1. The largest absolute Gasteiger partial charge is 0.756 e. The van der Waals surface area contributed by atoms with E-state index < -0.39 is 13.9 Å². The molecule has 0 rings (SSSR count). The highest BCUT2D eigenvalue weighted by Crippen LogP contribution is 2.38. The van der Waals surface area contributed by atoms with E-state index in [4.69, 9.17) is 18.5 Å². The van der Waals surface area contributed by atoms with Gasteiger partial charge in [-0.2, -0.15) is 0 Å². The quantitative estimate of drug-likeness (QED) is 0.0197. The molecule has 0 radical (unpaired) electrons. The molecule has 2 unspecified atom stereocenters. The third-order valence-electron chi connectivity index (χ3n) is 10.5. The van der Waals surface area contributed by atoms with Crippen molar-refractivity contribution < 1.29 is 37.3 Å². The van der Waals surface area contributed by atoms with Crippen LogP contribution in [0, 0.1) is 0 Å². The highest BCUT2D eigenvalue weighted by molar-refractivity contribution is 7.45. The molecule has 0 saturated heterocycles. The minimum absolute atomic E-state index is 0.0120. The monoisotopic (exact) mass is 952 g/mol. The Hall–Kier alpha value is -3.10. The summed E-state index contributed by atoms with van der Waals surface area (Å²) in [7, 11) is 1.31. The summed E-state index contributed by atoms with van der Waals surface area (Å²) in [6, 6.07) is 0. The van der Waals surface area contributed by atoms with E-state index in [2.05, 4.69) is 135 Å². The predicted octanol–water partition coefficient (Wildman–Crippen LogP) is 15.9. The van der Waals surface area contributed by atoms with Crippen LogP contribution in [0.25, 0.3) is 0 Å². The normalized spacial score (nSPS) is 14.5. The second-order valence-corrected chi connectivity index (χ2v) is 19.5. The van der Waals surface area contributed by atoms with Crippen molar-refractivity contribution in [1.82, 2.24) is 0 Å². The van der Waals surface area contributed by atoms with Gasteiger partial charge in [0.1, 0.15) is 19.3 Å². The maximum Gasteiger partial charge on any atom is 0.306 e. The molecular weight excluding hydrogens is 854 g/mol. The van der Waals surface area contributed by atoms with Crippen LogP contribution in [0.1, 0.15) is 181 Å². The number of hydrogen-bond donors (Lipinski definition) is 0. The van der Waals surface area contributed by atoms with Crippen LogP contribution in [-0.2, 0) is 27.9 Å². The van der Waals surface area contributed by atoms with E-state index in [-0.39, 0.29) is 25.8 Å². The molecule has 0 N–H and O–H groups in total. The number of unbranched alkanes of at least 4 members (excludes halogenated alkanes) is 13. The Morgan fingerprint density at radius 3 is 1.22 bits per heavy atom. The molecule has 0 aliphatic heterocycles. The van der Waals surface area contributed by atoms with Crippen LogP contribution >= 0.6 is 7.82 Å². The van der Waals surface area contributed by atoms with Gasteiger partial charge in [0, 0.05) is 13.0 Å². The zero-order valence-electron chi connectivity index (χ0n) is 43.3. The standard InChI is InChI=1S/C58H98NO7P/c1-6-8-10-12-14-16-18-20-22-24-26-28-29-30-31-32-33-35-37-39-41-43-45-47-49-51-58(60)66-57(56-65-67(61,62)64-54-52-59(3,4)5)55-63-53-50-48-46-44-42-40-38-36-34-27-25-23-21-19-17-15-13-11-9-7-2/h8-11,14-17,20-23,26-28,30-31,34,38,40,57H,6-7,12-13,18-19,24-25,29,32-33,35-37,39,41-56H2,1-5H3/b10-8-,11-9-,16-14-,17-15-,22-20-,23-21-,28-26-,31-30-,34-27-,40-38-. The minimum Gasteiger partial charge on any atom is -0.756 e. The third-order valence-corrected chi connectivity index (χ3v) is 11.5. The Kier molecular flexibility index (Phi) is 47.0. The highest BCUT2D eigenvalue weighted by Gasteiger charge is 2.20. The number of quaternary nitrogens is 1. The molecule has 382 valence electrons. The lowest BCUT2D eigenvalue weighted by molar-refractivity contribution is -0.870. The first-order valence-corrected chi connectivity index (χ1v) is 27.7. The van der Waals surface area contributed by atoms with Crippen molar-refractivity contribution >= 4 is 13.8 Å². The Labute approximate surface area is 412 Å². The van der Waals surface area contributed by atoms with E-state index >= 15 is 0 Å². The summed E-state index contributed by atoms with van der Waals surface area (Å²) < 4.78 is 34.7. The summed E-state index contributed by atoms with van der Waals surface area (Å²) in [5.41, 5.74) is 0. The number of nitrogens with zero attached hydrogens (tertiary/aromatic N) is 1. The molecule has 0 heterocycles. The number of esters is 1. The molecular formula is C58H98NO7P. The number of rotatable bonds is 47. The van der Waals surface area contributed by atoms with Gasteiger partial charge in [-0.15, -0.1) is 0 Å². The lowest BCUT2D eigenvalue weighted by atomic mass is 10.1. The molecule has 9 heteroatoms. The molecule has 0 bridgehead atoms. The Balaban J connectivity index is 4.23. The van der Waals surface area contributed by atoms with Crippen LogP contribution in [0.2, 0.25) is 0 Å².